The average Bonchev–Trinajstić information content (AvgIpc) is 2.26. The van der Waals surface area contributed by atoms with Crippen LogP contribution in [0.2, 0.25) is 0 Å². The van der Waals surface area contributed by atoms with Gasteiger partial charge in [-0.15, -0.1) is 0 Å². The molecule has 0 heterocycles. The quantitative estimate of drug-likeness (QED) is 0.568. The second-order valence-electron chi connectivity index (χ2n) is 2.84. The number of esters is 1. The van der Waals surface area contributed by atoms with Gasteiger partial charge in [-0.1, -0.05) is 47.8 Å². The van der Waals surface area contributed by atoms with Crippen LogP contribution < -0.4 is 0 Å². The van der Waals surface area contributed by atoms with E-state index in [0.717, 1.165) is 4.47 Å². The predicted molar refractivity (Wildman–Crippen MR) is 70.9 cm³/mol. The van der Waals surface area contributed by atoms with Crippen LogP contribution in [0.3, 0.4) is 0 Å². The molecule has 15 heavy (non-hydrogen) atoms. The molecule has 0 spiro atoms. The minimum Gasteiger partial charge on any atom is -0.457 e. The summed E-state index contributed by atoms with van der Waals surface area (Å²) in [4.78, 5) is 11.6. The fourth-order valence-electron chi connectivity index (χ4n) is 0.910. The second-order valence-corrected chi connectivity index (χ2v) is 5.05. The average molecular weight is 401 g/mol. The van der Waals surface area contributed by atoms with Crippen molar-refractivity contribution in [1.82, 2.24) is 0 Å². The number of hydrogen-bond acceptors (Lipinski definition) is 2. The summed E-state index contributed by atoms with van der Waals surface area (Å²) in [5, 5.41) is 1.25. The number of hydrogen-bond donors (Lipinski definition) is 0. The first-order valence-electron chi connectivity index (χ1n) is 4.26. The molecule has 1 aromatic rings. The molecule has 0 fully saturated rings. The van der Waals surface area contributed by atoms with Crippen LogP contribution in [0.5, 0.6) is 0 Å². The van der Waals surface area contributed by atoms with Gasteiger partial charge in [0.25, 0.3) is 0 Å². The number of rotatable bonds is 4. The van der Waals surface area contributed by atoms with Gasteiger partial charge in [-0.05, 0) is 24.3 Å². The second kappa shape index (κ2) is 6.66. The van der Waals surface area contributed by atoms with Crippen LogP contribution in [-0.4, -0.2) is 22.7 Å². The van der Waals surface area contributed by atoms with Crippen molar-refractivity contribution in [2.75, 3.05) is 10.7 Å². The lowest BCUT2D eigenvalue weighted by molar-refractivity contribution is 0.0398. The molecule has 0 aliphatic heterocycles. The van der Waals surface area contributed by atoms with Crippen molar-refractivity contribution in [1.29, 1.82) is 0 Å². The maximum atomic E-state index is 11.6. The van der Waals surface area contributed by atoms with Gasteiger partial charge in [-0.2, -0.15) is 0 Å². The first kappa shape index (κ1) is 13.2. The Morgan fingerprint density at radius 3 is 2.20 bits per heavy atom. The summed E-state index contributed by atoms with van der Waals surface area (Å²) in [5.74, 6) is -0.300. The Labute approximate surface area is 114 Å². The van der Waals surface area contributed by atoms with E-state index < -0.39 is 0 Å². The summed E-state index contributed by atoms with van der Waals surface area (Å²) in [6, 6.07) is 7.08. The number of alkyl halides is 2. The lowest BCUT2D eigenvalue weighted by atomic mass is 10.2. The van der Waals surface area contributed by atoms with Crippen molar-refractivity contribution in [2.24, 2.45) is 0 Å². The summed E-state index contributed by atoms with van der Waals surface area (Å²) in [5.41, 5.74) is 0.560. The number of carbonyl (C=O) groups excluding carboxylic acids is 1. The van der Waals surface area contributed by atoms with Gasteiger partial charge >= 0.3 is 5.97 Å². The third-order valence-electron chi connectivity index (χ3n) is 1.70. The lowest BCUT2D eigenvalue weighted by Gasteiger charge is -2.12. The topological polar surface area (TPSA) is 26.3 Å². The van der Waals surface area contributed by atoms with Crippen LogP contribution in [0.25, 0.3) is 0 Å². The van der Waals surface area contributed by atoms with Crippen molar-refractivity contribution in [3.05, 3.63) is 34.3 Å². The lowest BCUT2D eigenvalue weighted by Crippen LogP contribution is -2.21. The Hall–Kier alpha value is 0.130. The molecule has 0 atom stereocenters. The van der Waals surface area contributed by atoms with E-state index in [-0.39, 0.29) is 12.1 Å². The molecule has 0 saturated carbocycles. The molecule has 0 bridgehead atoms. The van der Waals surface area contributed by atoms with Crippen molar-refractivity contribution >= 4 is 53.8 Å². The highest BCUT2D eigenvalue weighted by Gasteiger charge is 2.13. The highest BCUT2D eigenvalue weighted by Crippen LogP contribution is 2.12. The van der Waals surface area contributed by atoms with E-state index in [1.54, 1.807) is 12.1 Å². The molecule has 5 heteroatoms. The molecule has 0 radical (unpaired) electrons. The molecular formula is C10H9Br3O2. The summed E-state index contributed by atoms with van der Waals surface area (Å²) < 4.78 is 6.17. The zero-order valence-corrected chi connectivity index (χ0v) is 12.5. The Balaban J connectivity index is 2.64. The van der Waals surface area contributed by atoms with Gasteiger partial charge in [0, 0.05) is 15.1 Å². The zero-order valence-electron chi connectivity index (χ0n) is 7.75. The van der Waals surface area contributed by atoms with Gasteiger partial charge in [-0.3, -0.25) is 0 Å². The molecule has 82 valence electrons. The summed E-state index contributed by atoms with van der Waals surface area (Å²) in [6.45, 7) is 0. The van der Waals surface area contributed by atoms with E-state index in [1.807, 2.05) is 12.1 Å². The standard InChI is InChI=1S/C10H9Br3O2/c11-5-9(6-12)15-10(14)7-1-3-8(13)4-2-7/h1-4,9H,5-6H2. The first-order valence-corrected chi connectivity index (χ1v) is 7.29. The monoisotopic (exact) mass is 398 g/mol. The van der Waals surface area contributed by atoms with Crippen LogP contribution in [-0.2, 0) is 4.74 Å². The molecule has 1 aromatic carbocycles. The fourth-order valence-corrected chi connectivity index (χ4v) is 2.51. The van der Waals surface area contributed by atoms with Crippen LogP contribution in [0.4, 0.5) is 0 Å². The van der Waals surface area contributed by atoms with Gasteiger partial charge < -0.3 is 4.74 Å². The fraction of sp³-hybridized carbons (Fsp3) is 0.300. The van der Waals surface area contributed by atoms with Gasteiger partial charge in [-0.25, -0.2) is 4.79 Å². The molecule has 0 aliphatic carbocycles. The number of carbonyl (C=O) groups is 1. The van der Waals surface area contributed by atoms with Gasteiger partial charge in [0.05, 0.1) is 5.56 Å². The highest BCUT2D eigenvalue weighted by molar-refractivity contribution is 9.10. The molecule has 1 rings (SSSR count). The summed E-state index contributed by atoms with van der Waals surface area (Å²) in [7, 11) is 0. The molecule has 0 saturated heterocycles. The SMILES string of the molecule is O=C(OC(CBr)CBr)c1ccc(Br)cc1. The Morgan fingerprint density at radius 1 is 1.20 bits per heavy atom. The smallest absolute Gasteiger partial charge is 0.338 e. The van der Waals surface area contributed by atoms with E-state index >= 15 is 0 Å². The maximum Gasteiger partial charge on any atom is 0.338 e. The third kappa shape index (κ3) is 4.25. The van der Waals surface area contributed by atoms with Crippen molar-refractivity contribution in [3.8, 4) is 0 Å². The summed E-state index contributed by atoms with van der Waals surface area (Å²) in [6.07, 6.45) is -0.138. The number of halogens is 3. The molecule has 0 amide bonds. The van der Waals surface area contributed by atoms with E-state index in [2.05, 4.69) is 47.8 Å². The van der Waals surface area contributed by atoms with E-state index in [9.17, 15) is 4.79 Å². The zero-order chi connectivity index (χ0) is 11.3. The van der Waals surface area contributed by atoms with Gasteiger partial charge in [0.1, 0.15) is 6.10 Å². The molecule has 2 nitrogen and oxygen atoms in total. The van der Waals surface area contributed by atoms with Gasteiger partial charge in [0.2, 0.25) is 0 Å². The van der Waals surface area contributed by atoms with E-state index in [1.165, 1.54) is 0 Å². The molecule has 0 aromatic heterocycles. The van der Waals surface area contributed by atoms with Crippen LogP contribution in [0.1, 0.15) is 10.4 Å². The Morgan fingerprint density at radius 2 is 1.73 bits per heavy atom. The van der Waals surface area contributed by atoms with E-state index in [4.69, 9.17) is 4.74 Å². The third-order valence-corrected chi connectivity index (χ3v) is 3.67. The number of benzene rings is 1. The molecule has 0 N–H and O–H groups in total. The minimum absolute atomic E-state index is 0.138. The van der Waals surface area contributed by atoms with Crippen molar-refractivity contribution < 1.29 is 9.53 Å². The van der Waals surface area contributed by atoms with Crippen LogP contribution in [0.15, 0.2) is 28.7 Å². The highest BCUT2D eigenvalue weighted by atomic mass is 79.9. The van der Waals surface area contributed by atoms with Crippen molar-refractivity contribution in [3.63, 3.8) is 0 Å². The largest absolute Gasteiger partial charge is 0.457 e. The van der Waals surface area contributed by atoms with Crippen LogP contribution in [0, 0.1) is 0 Å². The minimum atomic E-state index is -0.300. The Kier molecular flexibility index (Phi) is 5.86. The van der Waals surface area contributed by atoms with E-state index in [0.29, 0.717) is 16.2 Å². The van der Waals surface area contributed by atoms with Gasteiger partial charge in [0.15, 0.2) is 0 Å². The first-order chi connectivity index (χ1) is 7.17. The van der Waals surface area contributed by atoms with Crippen molar-refractivity contribution in [2.45, 2.75) is 6.10 Å². The van der Waals surface area contributed by atoms with Crippen LogP contribution >= 0.6 is 47.8 Å². The molecular weight excluding hydrogens is 392 g/mol. The predicted octanol–water partition coefficient (Wildman–Crippen LogP) is 3.76. The number of ether oxygens (including phenoxy) is 1. The normalized spacial score (nSPS) is 10.4. The molecule has 0 aliphatic rings. The molecule has 0 unspecified atom stereocenters. The maximum absolute atomic E-state index is 11.6. The summed E-state index contributed by atoms with van der Waals surface area (Å²) >= 11 is 9.85. The Bertz CT molecular complexity index is 320.